The Labute approximate surface area is 105 Å². The van der Waals surface area contributed by atoms with Gasteiger partial charge in [-0.1, -0.05) is 30.3 Å². The second-order valence-corrected chi connectivity index (χ2v) is 4.31. The SMILES string of the molecule is Nc1nc(N)c2c(n1)C(c1ccccc1)COC2. The molecule has 0 spiro atoms. The highest BCUT2D eigenvalue weighted by molar-refractivity contribution is 5.49. The summed E-state index contributed by atoms with van der Waals surface area (Å²) in [6.07, 6.45) is 0. The van der Waals surface area contributed by atoms with Crippen molar-refractivity contribution in [2.45, 2.75) is 12.5 Å². The fourth-order valence-electron chi connectivity index (χ4n) is 2.27. The number of nitrogen functional groups attached to an aromatic ring is 2. The van der Waals surface area contributed by atoms with E-state index in [1.165, 1.54) is 0 Å². The molecule has 0 saturated heterocycles. The quantitative estimate of drug-likeness (QED) is 0.787. The maximum atomic E-state index is 5.87. The first-order valence-electron chi connectivity index (χ1n) is 5.80. The zero-order chi connectivity index (χ0) is 12.5. The molecule has 2 heterocycles. The Balaban J connectivity index is 2.12. The normalized spacial score (nSPS) is 18.3. The lowest BCUT2D eigenvalue weighted by atomic mass is 9.92. The van der Waals surface area contributed by atoms with Crippen LogP contribution in [0.4, 0.5) is 11.8 Å². The van der Waals surface area contributed by atoms with Gasteiger partial charge in [0.15, 0.2) is 0 Å². The van der Waals surface area contributed by atoms with E-state index in [2.05, 4.69) is 22.1 Å². The smallest absolute Gasteiger partial charge is 0.222 e. The Morgan fingerprint density at radius 3 is 2.67 bits per heavy atom. The lowest BCUT2D eigenvalue weighted by Gasteiger charge is -2.25. The fraction of sp³-hybridized carbons (Fsp3) is 0.231. The monoisotopic (exact) mass is 242 g/mol. The van der Waals surface area contributed by atoms with Crippen molar-refractivity contribution < 1.29 is 4.74 Å². The highest BCUT2D eigenvalue weighted by Gasteiger charge is 2.26. The number of hydrogen-bond acceptors (Lipinski definition) is 5. The minimum Gasteiger partial charge on any atom is -0.383 e. The molecule has 5 heteroatoms. The van der Waals surface area contributed by atoms with Gasteiger partial charge in [-0.2, -0.15) is 4.98 Å². The van der Waals surface area contributed by atoms with Gasteiger partial charge in [0, 0.05) is 5.56 Å². The molecule has 1 unspecified atom stereocenters. The molecular formula is C13H14N4O. The van der Waals surface area contributed by atoms with Crippen LogP contribution in [0.1, 0.15) is 22.7 Å². The topological polar surface area (TPSA) is 87.0 Å². The van der Waals surface area contributed by atoms with Crippen LogP contribution in [0.3, 0.4) is 0 Å². The van der Waals surface area contributed by atoms with Gasteiger partial charge in [0.25, 0.3) is 0 Å². The number of fused-ring (bicyclic) bond motifs is 1. The highest BCUT2D eigenvalue weighted by Crippen LogP contribution is 2.33. The Morgan fingerprint density at radius 2 is 1.89 bits per heavy atom. The fourth-order valence-corrected chi connectivity index (χ4v) is 2.27. The van der Waals surface area contributed by atoms with Crippen molar-refractivity contribution in [3.05, 3.63) is 47.2 Å². The van der Waals surface area contributed by atoms with Crippen molar-refractivity contribution in [2.75, 3.05) is 18.1 Å². The second kappa shape index (κ2) is 4.27. The molecule has 1 atom stereocenters. The van der Waals surface area contributed by atoms with Gasteiger partial charge >= 0.3 is 0 Å². The molecule has 4 N–H and O–H groups in total. The standard InChI is InChI=1S/C13H14N4O/c14-12-10-7-18-6-9(8-4-2-1-3-5-8)11(10)16-13(15)17-12/h1-5,9H,6-7H2,(H4,14,15,16,17). The summed E-state index contributed by atoms with van der Waals surface area (Å²) in [5, 5.41) is 0. The van der Waals surface area contributed by atoms with E-state index in [9.17, 15) is 0 Å². The molecule has 1 aromatic heterocycles. The van der Waals surface area contributed by atoms with Gasteiger partial charge in [-0.3, -0.25) is 0 Å². The molecule has 0 bridgehead atoms. The minimum absolute atomic E-state index is 0.0718. The number of nitrogens with two attached hydrogens (primary N) is 2. The van der Waals surface area contributed by atoms with E-state index < -0.39 is 0 Å². The van der Waals surface area contributed by atoms with Crippen molar-refractivity contribution in [1.29, 1.82) is 0 Å². The molecular weight excluding hydrogens is 228 g/mol. The summed E-state index contributed by atoms with van der Waals surface area (Å²) >= 11 is 0. The van der Waals surface area contributed by atoms with Crippen LogP contribution >= 0.6 is 0 Å². The van der Waals surface area contributed by atoms with E-state index in [4.69, 9.17) is 16.2 Å². The third-order valence-corrected chi connectivity index (χ3v) is 3.15. The number of ether oxygens (including phenoxy) is 1. The first kappa shape index (κ1) is 11.0. The Morgan fingerprint density at radius 1 is 1.11 bits per heavy atom. The van der Waals surface area contributed by atoms with Crippen molar-refractivity contribution in [2.24, 2.45) is 0 Å². The largest absolute Gasteiger partial charge is 0.383 e. The van der Waals surface area contributed by atoms with E-state index in [0.29, 0.717) is 19.0 Å². The molecule has 2 aromatic rings. The van der Waals surface area contributed by atoms with Gasteiger partial charge in [-0.15, -0.1) is 0 Å². The van der Waals surface area contributed by atoms with Crippen LogP contribution < -0.4 is 11.5 Å². The summed E-state index contributed by atoms with van der Waals surface area (Å²) in [6, 6.07) is 10.1. The average molecular weight is 242 g/mol. The Bertz CT molecular complexity index is 571. The summed E-state index contributed by atoms with van der Waals surface area (Å²) in [6.45, 7) is 1.04. The lowest BCUT2D eigenvalue weighted by molar-refractivity contribution is 0.0979. The number of benzene rings is 1. The van der Waals surface area contributed by atoms with Gasteiger partial charge < -0.3 is 16.2 Å². The number of anilines is 2. The van der Waals surface area contributed by atoms with Gasteiger partial charge in [-0.05, 0) is 5.56 Å². The van der Waals surface area contributed by atoms with Gasteiger partial charge in [0.1, 0.15) is 5.82 Å². The third-order valence-electron chi connectivity index (χ3n) is 3.15. The van der Waals surface area contributed by atoms with Gasteiger partial charge in [0.05, 0.1) is 24.8 Å². The van der Waals surface area contributed by atoms with E-state index in [0.717, 1.165) is 16.8 Å². The Hall–Kier alpha value is -2.14. The maximum Gasteiger partial charge on any atom is 0.222 e. The predicted octanol–water partition coefficient (Wildman–Crippen LogP) is 1.30. The van der Waals surface area contributed by atoms with Crippen LogP contribution in [0.5, 0.6) is 0 Å². The molecule has 3 rings (SSSR count). The molecule has 18 heavy (non-hydrogen) atoms. The average Bonchev–Trinajstić information content (AvgIpc) is 2.39. The van der Waals surface area contributed by atoms with Crippen LogP contribution in [0.2, 0.25) is 0 Å². The first-order chi connectivity index (χ1) is 8.75. The predicted molar refractivity (Wildman–Crippen MR) is 68.8 cm³/mol. The third kappa shape index (κ3) is 1.78. The number of rotatable bonds is 1. The second-order valence-electron chi connectivity index (χ2n) is 4.31. The van der Waals surface area contributed by atoms with E-state index >= 15 is 0 Å². The van der Waals surface area contributed by atoms with Crippen molar-refractivity contribution in [1.82, 2.24) is 9.97 Å². The van der Waals surface area contributed by atoms with E-state index in [1.54, 1.807) is 0 Å². The van der Waals surface area contributed by atoms with Crippen molar-refractivity contribution in [3.63, 3.8) is 0 Å². The summed E-state index contributed by atoms with van der Waals surface area (Å²) in [5.74, 6) is 0.703. The molecule has 92 valence electrons. The van der Waals surface area contributed by atoms with E-state index in [-0.39, 0.29) is 11.9 Å². The minimum atomic E-state index is 0.0718. The highest BCUT2D eigenvalue weighted by atomic mass is 16.5. The van der Waals surface area contributed by atoms with Crippen LogP contribution in [0.15, 0.2) is 30.3 Å². The summed E-state index contributed by atoms with van der Waals surface area (Å²) in [7, 11) is 0. The summed E-state index contributed by atoms with van der Waals surface area (Å²) in [4.78, 5) is 8.32. The van der Waals surface area contributed by atoms with Crippen LogP contribution in [-0.4, -0.2) is 16.6 Å². The Kier molecular flexibility index (Phi) is 2.60. The molecule has 1 aliphatic rings. The number of aromatic nitrogens is 2. The van der Waals surface area contributed by atoms with Crippen LogP contribution in [0, 0.1) is 0 Å². The number of nitrogens with zero attached hydrogens (tertiary/aromatic N) is 2. The lowest BCUT2D eigenvalue weighted by Crippen LogP contribution is -2.22. The summed E-state index contributed by atoms with van der Waals surface area (Å²) < 4.78 is 5.58. The van der Waals surface area contributed by atoms with Gasteiger partial charge in [0.2, 0.25) is 5.95 Å². The molecule has 0 fully saturated rings. The van der Waals surface area contributed by atoms with Crippen LogP contribution in [0.25, 0.3) is 0 Å². The summed E-state index contributed by atoms with van der Waals surface area (Å²) in [5.41, 5.74) is 14.4. The molecule has 1 aliphatic heterocycles. The molecule has 0 amide bonds. The molecule has 1 aromatic carbocycles. The van der Waals surface area contributed by atoms with E-state index in [1.807, 2.05) is 18.2 Å². The molecule has 0 radical (unpaired) electrons. The van der Waals surface area contributed by atoms with Gasteiger partial charge in [-0.25, -0.2) is 4.98 Å². The molecule has 0 saturated carbocycles. The zero-order valence-corrected chi connectivity index (χ0v) is 9.84. The van der Waals surface area contributed by atoms with Crippen LogP contribution in [-0.2, 0) is 11.3 Å². The maximum absolute atomic E-state index is 5.87. The van der Waals surface area contributed by atoms with Crippen molar-refractivity contribution in [3.8, 4) is 0 Å². The molecule has 5 nitrogen and oxygen atoms in total. The van der Waals surface area contributed by atoms with Crippen molar-refractivity contribution >= 4 is 11.8 Å². The molecule has 0 aliphatic carbocycles. The first-order valence-corrected chi connectivity index (χ1v) is 5.80. The number of hydrogen-bond donors (Lipinski definition) is 2. The zero-order valence-electron chi connectivity index (χ0n) is 9.84.